The number of amides is 3. The van der Waals surface area contributed by atoms with Crippen LogP contribution in [-0.4, -0.2) is 34.2 Å². The van der Waals surface area contributed by atoms with Gasteiger partial charge in [0, 0.05) is 13.0 Å². The van der Waals surface area contributed by atoms with Crippen molar-refractivity contribution >= 4 is 44.4 Å². The molecule has 1 aliphatic rings. The van der Waals surface area contributed by atoms with Crippen LogP contribution in [0.2, 0.25) is 0 Å². The van der Waals surface area contributed by atoms with E-state index in [2.05, 4.69) is 36.3 Å². The second-order valence-electron chi connectivity index (χ2n) is 7.16. The lowest BCUT2D eigenvalue weighted by Gasteiger charge is -2.12. The second-order valence-corrected chi connectivity index (χ2v) is 8.19. The first-order valence-corrected chi connectivity index (χ1v) is 10.4. The van der Waals surface area contributed by atoms with Gasteiger partial charge in [0.2, 0.25) is 5.91 Å². The quantitative estimate of drug-likeness (QED) is 0.613. The third-order valence-corrected chi connectivity index (χ3v) is 6.21. The van der Waals surface area contributed by atoms with Gasteiger partial charge in [-0.3, -0.25) is 19.3 Å². The van der Waals surface area contributed by atoms with E-state index in [-0.39, 0.29) is 30.7 Å². The third kappa shape index (κ3) is 3.65. The van der Waals surface area contributed by atoms with Gasteiger partial charge in [-0.25, -0.2) is 4.98 Å². The SMILES string of the molecule is CCC(C)c1ccc2nc(NC(=O)CCN3C(=O)c4ccccc4C3=O)sc2c1. The number of nitrogens with one attached hydrogen (secondary N) is 1. The number of hydrogen-bond donors (Lipinski definition) is 1. The van der Waals surface area contributed by atoms with Crippen LogP contribution in [0.3, 0.4) is 0 Å². The number of hydrogen-bond acceptors (Lipinski definition) is 5. The van der Waals surface area contributed by atoms with E-state index in [1.165, 1.54) is 16.9 Å². The molecule has 0 bridgehead atoms. The lowest BCUT2D eigenvalue weighted by atomic mass is 9.99. The molecule has 1 N–H and O–H groups in total. The molecule has 0 saturated heterocycles. The highest BCUT2D eigenvalue weighted by molar-refractivity contribution is 7.22. The van der Waals surface area contributed by atoms with Crippen molar-refractivity contribution in [3.8, 4) is 0 Å². The average Bonchev–Trinajstić information content (AvgIpc) is 3.23. The molecule has 1 atom stereocenters. The maximum Gasteiger partial charge on any atom is 0.261 e. The van der Waals surface area contributed by atoms with Gasteiger partial charge in [0.15, 0.2) is 5.13 Å². The number of thiazole rings is 1. The van der Waals surface area contributed by atoms with Crippen molar-refractivity contribution in [1.29, 1.82) is 0 Å². The van der Waals surface area contributed by atoms with E-state index in [9.17, 15) is 14.4 Å². The highest BCUT2D eigenvalue weighted by atomic mass is 32.1. The Balaban J connectivity index is 1.40. The number of aromatic nitrogens is 1. The van der Waals surface area contributed by atoms with Crippen molar-refractivity contribution in [2.24, 2.45) is 0 Å². The van der Waals surface area contributed by atoms with Crippen LogP contribution in [0.15, 0.2) is 42.5 Å². The molecule has 29 heavy (non-hydrogen) atoms. The molecule has 0 fully saturated rings. The molecule has 1 aromatic heterocycles. The Kier molecular flexibility index (Phi) is 5.15. The zero-order chi connectivity index (χ0) is 20.5. The second kappa shape index (κ2) is 7.75. The Morgan fingerprint density at radius 3 is 2.48 bits per heavy atom. The van der Waals surface area contributed by atoms with Crippen LogP contribution in [-0.2, 0) is 4.79 Å². The van der Waals surface area contributed by atoms with Gasteiger partial charge in [0.05, 0.1) is 21.3 Å². The van der Waals surface area contributed by atoms with Crippen molar-refractivity contribution in [3.63, 3.8) is 0 Å². The normalized spacial score (nSPS) is 14.3. The number of nitrogens with zero attached hydrogens (tertiary/aromatic N) is 2. The van der Waals surface area contributed by atoms with Crippen LogP contribution in [0.1, 0.15) is 58.9 Å². The first kappa shape index (κ1) is 19.3. The Labute approximate surface area is 172 Å². The van der Waals surface area contributed by atoms with Gasteiger partial charge in [0.1, 0.15) is 0 Å². The summed E-state index contributed by atoms with van der Waals surface area (Å²) in [5.74, 6) is -0.506. The van der Waals surface area contributed by atoms with Crippen molar-refractivity contribution in [3.05, 3.63) is 59.2 Å². The van der Waals surface area contributed by atoms with Gasteiger partial charge in [-0.2, -0.15) is 0 Å². The monoisotopic (exact) mass is 407 g/mol. The summed E-state index contributed by atoms with van der Waals surface area (Å²) in [5.41, 5.74) is 2.88. The number of benzene rings is 2. The summed E-state index contributed by atoms with van der Waals surface area (Å²) in [6.07, 6.45) is 1.09. The lowest BCUT2D eigenvalue weighted by Crippen LogP contribution is -2.32. The number of fused-ring (bicyclic) bond motifs is 2. The largest absolute Gasteiger partial charge is 0.302 e. The van der Waals surface area contributed by atoms with Gasteiger partial charge >= 0.3 is 0 Å². The summed E-state index contributed by atoms with van der Waals surface area (Å²) >= 11 is 1.43. The molecule has 148 valence electrons. The van der Waals surface area contributed by atoms with Gasteiger partial charge in [-0.15, -0.1) is 0 Å². The van der Waals surface area contributed by atoms with Crippen LogP contribution >= 0.6 is 11.3 Å². The fourth-order valence-corrected chi connectivity index (χ4v) is 4.30. The Morgan fingerprint density at radius 1 is 1.14 bits per heavy atom. The summed E-state index contributed by atoms with van der Waals surface area (Å²) in [5, 5.41) is 3.31. The Hall–Kier alpha value is -3.06. The van der Waals surface area contributed by atoms with Crippen molar-refractivity contribution in [1.82, 2.24) is 9.88 Å². The van der Waals surface area contributed by atoms with Gasteiger partial charge in [0.25, 0.3) is 11.8 Å². The Bertz CT molecular complexity index is 1090. The minimum absolute atomic E-state index is 0.0273. The number of imide groups is 1. The van der Waals surface area contributed by atoms with Crippen LogP contribution in [0.4, 0.5) is 5.13 Å². The molecule has 1 aliphatic heterocycles. The van der Waals surface area contributed by atoms with Gasteiger partial charge < -0.3 is 5.32 Å². The van der Waals surface area contributed by atoms with Crippen LogP contribution in [0, 0.1) is 0 Å². The molecule has 3 amide bonds. The smallest absolute Gasteiger partial charge is 0.261 e. The number of rotatable bonds is 6. The van der Waals surface area contributed by atoms with E-state index < -0.39 is 0 Å². The summed E-state index contributed by atoms with van der Waals surface area (Å²) in [6, 6.07) is 12.9. The minimum atomic E-state index is -0.351. The standard InChI is InChI=1S/C22H21N3O3S/c1-3-13(2)14-8-9-17-18(12-14)29-22(23-17)24-19(26)10-11-25-20(27)15-6-4-5-7-16(15)21(25)28/h4-9,12-13H,3,10-11H2,1-2H3,(H,23,24,26). The van der Waals surface area contributed by atoms with Crippen molar-refractivity contribution < 1.29 is 14.4 Å². The maximum absolute atomic E-state index is 12.4. The molecule has 0 radical (unpaired) electrons. The van der Waals surface area contributed by atoms with E-state index in [1.807, 2.05) is 6.07 Å². The fraction of sp³-hybridized carbons (Fsp3) is 0.273. The lowest BCUT2D eigenvalue weighted by molar-refractivity contribution is -0.116. The van der Waals surface area contributed by atoms with E-state index in [1.54, 1.807) is 24.3 Å². The molecule has 3 aromatic rings. The molecular weight excluding hydrogens is 386 g/mol. The molecule has 7 heteroatoms. The summed E-state index contributed by atoms with van der Waals surface area (Å²) in [4.78, 5) is 42.7. The van der Waals surface area contributed by atoms with Crippen LogP contribution < -0.4 is 5.32 Å². The molecule has 0 aliphatic carbocycles. The van der Waals surface area contributed by atoms with Gasteiger partial charge in [-0.1, -0.05) is 43.4 Å². The Morgan fingerprint density at radius 2 is 1.83 bits per heavy atom. The molecule has 0 spiro atoms. The molecule has 6 nitrogen and oxygen atoms in total. The predicted octanol–water partition coefficient (Wildman–Crippen LogP) is 4.43. The molecule has 2 heterocycles. The fourth-order valence-electron chi connectivity index (χ4n) is 3.37. The number of anilines is 1. The maximum atomic E-state index is 12.4. The van der Waals surface area contributed by atoms with Crippen molar-refractivity contribution in [2.45, 2.75) is 32.6 Å². The molecule has 1 unspecified atom stereocenters. The highest BCUT2D eigenvalue weighted by Crippen LogP contribution is 2.30. The van der Waals surface area contributed by atoms with Crippen LogP contribution in [0.25, 0.3) is 10.2 Å². The molecule has 0 saturated carbocycles. The first-order valence-electron chi connectivity index (χ1n) is 9.63. The predicted molar refractivity (Wildman–Crippen MR) is 113 cm³/mol. The molecule has 4 rings (SSSR count). The average molecular weight is 407 g/mol. The zero-order valence-electron chi connectivity index (χ0n) is 16.3. The summed E-state index contributed by atoms with van der Waals surface area (Å²) in [7, 11) is 0. The van der Waals surface area contributed by atoms with Crippen molar-refractivity contribution in [2.75, 3.05) is 11.9 Å². The summed E-state index contributed by atoms with van der Waals surface area (Å²) in [6.45, 7) is 4.38. The minimum Gasteiger partial charge on any atom is -0.302 e. The van der Waals surface area contributed by atoms with E-state index in [0.717, 1.165) is 21.5 Å². The highest BCUT2D eigenvalue weighted by Gasteiger charge is 2.34. The topological polar surface area (TPSA) is 79.4 Å². The number of carbonyl (C=O) groups excluding carboxylic acids is 3. The van der Waals surface area contributed by atoms with E-state index in [4.69, 9.17) is 0 Å². The summed E-state index contributed by atoms with van der Waals surface area (Å²) < 4.78 is 1.03. The zero-order valence-corrected chi connectivity index (χ0v) is 17.1. The van der Waals surface area contributed by atoms with E-state index in [0.29, 0.717) is 22.2 Å². The van der Waals surface area contributed by atoms with E-state index >= 15 is 0 Å². The first-order chi connectivity index (χ1) is 14.0. The molecular formula is C22H21N3O3S. The van der Waals surface area contributed by atoms with Crippen LogP contribution in [0.5, 0.6) is 0 Å². The third-order valence-electron chi connectivity index (χ3n) is 5.28. The van der Waals surface area contributed by atoms with Gasteiger partial charge in [-0.05, 0) is 42.2 Å². The molecule has 2 aromatic carbocycles. The number of carbonyl (C=O) groups is 3.